The van der Waals surface area contributed by atoms with Crippen molar-refractivity contribution in [3.05, 3.63) is 0 Å². The number of aliphatic imine (C=N–C) groups is 1. The maximum Gasteiger partial charge on any atom is 0.243 e. The lowest BCUT2D eigenvalue weighted by atomic mass is 9.92. The number of carbonyl (C=O) groups is 2. The highest BCUT2D eigenvalue weighted by molar-refractivity contribution is 5.86. The molecule has 116 valence electrons. The van der Waals surface area contributed by atoms with Crippen LogP contribution in [0.4, 0.5) is 0 Å². The maximum atomic E-state index is 11.7. The van der Waals surface area contributed by atoms with Crippen molar-refractivity contribution in [3.63, 3.8) is 0 Å². The molecule has 2 amide bonds. The quantitative estimate of drug-likeness (QED) is 0.449. The van der Waals surface area contributed by atoms with Gasteiger partial charge in [0.05, 0.1) is 5.41 Å². The predicted octanol–water partition coefficient (Wildman–Crippen LogP) is -0.598. The third kappa shape index (κ3) is 6.40. The summed E-state index contributed by atoms with van der Waals surface area (Å²) in [6, 6.07) is 0. The van der Waals surface area contributed by atoms with E-state index in [1.807, 2.05) is 20.8 Å². The number of guanidine groups is 1. The van der Waals surface area contributed by atoms with Gasteiger partial charge in [-0.25, -0.2) is 4.99 Å². The summed E-state index contributed by atoms with van der Waals surface area (Å²) in [7, 11) is 4.99. The molecule has 7 nitrogen and oxygen atoms in total. The van der Waals surface area contributed by atoms with Crippen molar-refractivity contribution in [2.45, 2.75) is 20.8 Å². The van der Waals surface area contributed by atoms with Crippen LogP contribution in [0, 0.1) is 5.41 Å². The second-order valence-electron chi connectivity index (χ2n) is 5.30. The molecule has 0 saturated heterocycles. The van der Waals surface area contributed by atoms with Gasteiger partial charge in [0.15, 0.2) is 5.96 Å². The minimum atomic E-state index is -0.559. The topological polar surface area (TPSA) is 85.8 Å². The second-order valence-corrected chi connectivity index (χ2v) is 5.30. The molecule has 0 aliphatic rings. The van der Waals surface area contributed by atoms with Gasteiger partial charge in [0.1, 0.15) is 6.54 Å². The van der Waals surface area contributed by atoms with Gasteiger partial charge in [0.25, 0.3) is 0 Å². The summed E-state index contributed by atoms with van der Waals surface area (Å²) in [6.07, 6.45) is 0. The predicted molar refractivity (Wildman–Crippen MR) is 80.5 cm³/mol. The molecule has 0 rings (SSSR count). The Bertz CT molecular complexity index is 364. The number of rotatable bonds is 6. The zero-order valence-electron chi connectivity index (χ0n) is 13.3. The van der Waals surface area contributed by atoms with Crippen molar-refractivity contribution in [1.29, 1.82) is 0 Å². The summed E-state index contributed by atoms with van der Waals surface area (Å²) < 4.78 is 0. The van der Waals surface area contributed by atoms with Crippen LogP contribution in [0.5, 0.6) is 0 Å². The van der Waals surface area contributed by atoms with Gasteiger partial charge < -0.3 is 20.9 Å². The third-order valence-electron chi connectivity index (χ3n) is 2.75. The average molecular weight is 285 g/mol. The standard InChI is InChI=1S/C13H27N5O2/c1-7-15-12(16-8-10(19)18(5)6)17-9-13(2,3)11(20)14-4/h7-9H2,1-6H3,(H,14,20)(H2,15,16,17). The normalized spacial score (nSPS) is 11.8. The first-order valence-electron chi connectivity index (χ1n) is 6.69. The van der Waals surface area contributed by atoms with Crippen LogP contribution in [-0.4, -0.2) is 63.5 Å². The molecule has 0 aromatic heterocycles. The van der Waals surface area contributed by atoms with Crippen LogP contribution in [0.2, 0.25) is 0 Å². The molecule has 0 aromatic rings. The fourth-order valence-corrected chi connectivity index (χ4v) is 1.35. The highest BCUT2D eigenvalue weighted by Gasteiger charge is 2.26. The molecule has 0 aliphatic heterocycles. The summed E-state index contributed by atoms with van der Waals surface area (Å²) in [5.41, 5.74) is -0.559. The van der Waals surface area contributed by atoms with Crippen LogP contribution in [0.15, 0.2) is 4.99 Å². The summed E-state index contributed by atoms with van der Waals surface area (Å²) >= 11 is 0. The van der Waals surface area contributed by atoms with E-state index in [0.717, 1.165) is 0 Å². The molecule has 0 heterocycles. The maximum absolute atomic E-state index is 11.7. The van der Waals surface area contributed by atoms with Crippen LogP contribution in [-0.2, 0) is 9.59 Å². The minimum absolute atomic E-state index is 0.0507. The van der Waals surface area contributed by atoms with Crippen molar-refractivity contribution in [2.75, 3.05) is 40.8 Å². The van der Waals surface area contributed by atoms with E-state index in [4.69, 9.17) is 0 Å². The number of nitrogens with zero attached hydrogens (tertiary/aromatic N) is 2. The first kappa shape index (κ1) is 18.2. The first-order chi connectivity index (χ1) is 9.24. The summed E-state index contributed by atoms with van der Waals surface area (Å²) in [5.74, 6) is 0.401. The first-order valence-corrected chi connectivity index (χ1v) is 6.69. The number of hydrogen-bond donors (Lipinski definition) is 3. The van der Waals surface area contributed by atoms with Crippen molar-refractivity contribution in [2.24, 2.45) is 10.4 Å². The zero-order valence-corrected chi connectivity index (χ0v) is 13.3. The molecule has 7 heteroatoms. The Morgan fingerprint density at radius 1 is 1.20 bits per heavy atom. The molecular formula is C13H27N5O2. The molecule has 0 atom stereocenters. The Labute approximate surface area is 121 Å². The second kappa shape index (κ2) is 8.39. The number of amides is 2. The Kier molecular flexibility index (Phi) is 7.64. The number of carbonyl (C=O) groups excluding carboxylic acids is 2. The van der Waals surface area contributed by atoms with Crippen molar-refractivity contribution in [1.82, 2.24) is 20.9 Å². The smallest absolute Gasteiger partial charge is 0.243 e. The molecule has 0 spiro atoms. The van der Waals surface area contributed by atoms with E-state index >= 15 is 0 Å². The summed E-state index contributed by atoms with van der Waals surface area (Å²) in [6.45, 7) is 6.80. The summed E-state index contributed by atoms with van der Waals surface area (Å²) in [5, 5.41) is 8.75. The fourth-order valence-electron chi connectivity index (χ4n) is 1.35. The molecule has 0 aromatic carbocycles. The molecule has 0 aliphatic carbocycles. The van der Waals surface area contributed by atoms with Crippen molar-refractivity contribution in [3.8, 4) is 0 Å². The molecule has 0 unspecified atom stereocenters. The number of hydrogen-bond acceptors (Lipinski definition) is 3. The van der Waals surface area contributed by atoms with Crippen LogP contribution < -0.4 is 16.0 Å². The fraction of sp³-hybridized carbons (Fsp3) is 0.769. The van der Waals surface area contributed by atoms with Crippen molar-refractivity contribution >= 4 is 17.8 Å². The highest BCUT2D eigenvalue weighted by atomic mass is 16.2. The SMILES string of the molecule is CCNC(=NCC(=O)N(C)C)NCC(C)(C)C(=O)NC. The van der Waals surface area contributed by atoms with Gasteiger partial charge in [-0.1, -0.05) is 0 Å². The highest BCUT2D eigenvalue weighted by Crippen LogP contribution is 2.12. The van der Waals surface area contributed by atoms with Gasteiger partial charge in [-0.3, -0.25) is 9.59 Å². The number of nitrogens with one attached hydrogen (secondary N) is 3. The van der Waals surface area contributed by atoms with Crippen LogP contribution in [0.1, 0.15) is 20.8 Å². The molecule has 0 bridgehead atoms. The lowest BCUT2D eigenvalue weighted by Crippen LogP contribution is -2.47. The largest absolute Gasteiger partial charge is 0.359 e. The van der Waals surface area contributed by atoms with Crippen molar-refractivity contribution < 1.29 is 9.59 Å². The molecule has 3 N–H and O–H groups in total. The Morgan fingerprint density at radius 3 is 2.25 bits per heavy atom. The number of likely N-dealkylation sites (N-methyl/N-ethyl adjacent to an activating group) is 1. The summed E-state index contributed by atoms with van der Waals surface area (Å²) in [4.78, 5) is 28.9. The van der Waals surface area contributed by atoms with E-state index in [1.165, 1.54) is 4.90 Å². The van der Waals surface area contributed by atoms with Gasteiger partial charge in [-0.05, 0) is 20.8 Å². The lowest BCUT2D eigenvalue weighted by molar-refractivity contribution is -0.128. The van der Waals surface area contributed by atoms with Gasteiger partial charge in [0.2, 0.25) is 11.8 Å². The minimum Gasteiger partial charge on any atom is -0.359 e. The van der Waals surface area contributed by atoms with E-state index in [0.29, 0.717) is 19.0 Å². The van der Waals surface area contributed by atoms with Gasteiger partial charge >= 0.3 is 0 Å². The van der Waals surface area contributed by atoms with Crippen LogP contribution in [0.3, 0.4) is 0 Å². The lowest BCUT2D eigenvalue weighted by Gasteiger charge is -2.24. The molecule has 0 saturated carbocycles. The van der Waals surface area contributed by atoms with E-state index < -0.39 is 5.41 Å². The molecular weight excluding hydrogens is 258 g/mol. The monoisotopic (exact) mass is 285 g/mol. The van der Waals surface area contributed by atoms with Crippen LogP contribution in [0.25, 0.3) is 0 Å². The third-order valence-corrected chi connectivity index (χ3v) is 2.75. The van der Waals surface area contributed by atoms with E-state index in [1.54, 1.807) is 21.1 Å². The Morgan fingerprint density at radius 2 is 1.80 bits per heavy atom. The molecule has 0 radical (unpaired) electrons. The van der Waals surface area contributed by atoms with E-state index in [-0.39, 0.29) is 18.4 Å². The Hall–Kier alpha value is -1.79. The Balaban J connectivity index is 4.59. The average Bonchev–Trinajstić information content (AvgIpc) is 2.40. The van der Waals surface area contributed by atoms with Gasteiger partial charge in [-0.2, -0.15) is 0 Å². The van der Waals surface area contributed by atoms with Gasteiger partial charge in [0, 0.05) is 34.2 Å². The molecule has 20 heavy (non-hydrogen) atoms. The van der Waals surface area contributed by atoms with Gasteiger partial charge in [-0.15, -0.1) is 0 Å². The van der Waals surface area contributed by atoms with E-state index in [2.05, 4.69) is 20.9 Å². The van der Waals surface area contributed by atoms with Crippen LogP contribution >= 0.6 is 0 Å². The molecule has 0 fully saturated rings. The van der Waals surface area contributed by atoms with E-state index in [9.17, 15) is 9.59 Å². The zero-order chi connectivity index (χ0) is 15.8.